The number of nitriles is 1. The van der Waals surface area contributed by atoms with E-state index in [0.29, 0.717) is 23.4 Å². The molecule has 0 bridgehead atoms. The van der Waals surface area contributed by atoms with E-state index in [-0.39, 0.29) is 21.8 Å². The Kier molecular flexibility index (Phi) is 4.79. The lowest BCUT2D eigenvalue weighted by molar-refractivity contribution is -0.138. The van der Waals surface area contributed by atoms with Crippen molar-refractivity contribution in [1.82, 2.24) is 4.48 Å². The Morgan fingerprint density at radius 2 is 1.97 bits per heavy atom. The molecule has 3 aliphatic carbocycles. The van der Waals surface area contributed by atoms with Gasteiger partial charge in [0.2, 0.25) is 0 Å². The zero-order valence-electron chi connectivity index (χ0n) is 19.0. The Morgan fingerprint density at radius 3 is 2.74 bits per heavy atom. The number of hydrogen-bond donors (Lipinski definition) is 0. The number of fused-ring (bicyclic) bond motifs is 5. The Balaban J connectivity index is 1.64. The summed E-state index contributed by atoms with van der Waals surface area (Å²) >= 11 is 0. The van der Waals surface area contributed by atoms with Gasteiger partial charge in [-0.05, 0) is 67.4 Å². The van der Waals surface area contributed by atoms with Gasteiger partial charge in [0.15, 0.2) is 5.69 Å². The van der Waals surface area contributed by atoms with E-state index in [0.717, 1.165) is 23.9 Å². The van der Waals surface area contributed by atoms with E-state index in [4.69, 9.17) is 0 Å². The van der Waals surface area contributed by atoms with Crippen molar-refractivity contribution in [3.05, 3.63) is 54.6 Å². The smallest absolute Gasteiger partial charge is 0.226 e. The average Bonchev–Trinajstić information content (AvgIpc) is 3.18. The normalized spacial score (nSPS) is 43.5. The average molecular weight is 416 g/mol. The fourth-order valence-electron chi connectivity index (χ4n) is 8.55. The molecule has 0 N–H and O–H groups in total. The van der Waals surface area contributed by atoms with E-state index < -0.39 is 0 Å². The standard InChI is InChI=1S/C28H35N2O/c1-4-18-30(24-10-6-5-8-20(24)19-29)25-12-11-21-22-9-7-15-27(22,2)16-13-23(21)28(25,3)17-14-26(30)31/h4-6,8,10,14,17,21-23,25H,1,7,9,11-13,15-16,18H2,2-3H3/q+1/t21-,22-,23-,25-,27-,28+,30?/m0/s1. The van der Waals surface area contributed by atoms with Crippen molar-refractivity contribution in [2.75, 3.05) is 6.54 Å². The van der Waals surface area contributed by atoms with Crippen LogP contribution in [0.3, 0.4) is 0 Å². The first-order chi connectivity index (χ1) is 14.9. The van der Waals surface area contributed by atoms with Gasteiger partial charge in [-0.1, -0.05) is 45.1 Å². The molecule has 1 unspecified atom stereocenters. The van der Waals surface area contributed by atoms with Crippen LogP contribution in [0.1, 0.15) is 64.4 Å². The fourth-order valence-corrected chi connectivity index (χ4v) is 8.55. The Bertz CT molecular complexity index is 989. The molecule has 162 valence electrons. The predicted molar refractivity (Wildman–Crippen MR) is 125 cm³/mol. The van der Waals surface area contributed by atoms with Crippen LogP contribution in [0.2, 0.25) is 0 Å². The van der Waals surface area contributed by atoms with Gasteiger partial charge in [-0.3, -0.25) is 0 Å². The highest BCUT2D eigenvalue weighted by Gasteiger charge is 2.64. The molecule has 7 atom stereocenters. The summed E-state index contributed by atoms with van der Waals surface area (Å²) in [6.45, 7) is 9.53. The summed E-state index contributed by atoms with van der Waals surface area (Å²) in [4.78, 5) is 13.7. The van der Waals surface area contributed by atoms with Gasteiger partial charge in [0.05, 0.1) is 0 Å². The van der Waals surface area contributed by atoms with E-state index in [9.17, 15) is 10.1 Å². The number of nitrogens with zero attached hydrogens (tertiary/aromatic N) is 2. The highest BCUT2D eigenvalue weighted by atomic mass is 16.2. The first kappa shape index (κ1) is 20.7. The molecule has 4 aliphatic rings. The van der Waals surface area contributed by atoms with Crippen LogP contribution in [-0.2, 0) is 4.79 Å². The molecule has 3 nitrogen and oxygen atoms in total. The quantitative estimate of drug-likeness (QED) is 0.439. The van der Waals surface area contributed by atoms with Gasteiger partial charge in [0.1, 0.15) is 24.2 Å². The maximum Gasteiger partial charge on any atom is 0.343 e. The van der Waals surface area contributed by atoms with Gasteiger partial charge in [-0.25, -0.2) is 9.28 Å². The lowest BCUT2D eigenvalue weighted by Gasteiger charge is -2.61. The number of carbonyl (C=O) groups excluding carboxylic acids is 1. The molecule has 0 aromatic heterocycles. The SMILES string of the molecule is C=CC[N+]1(c2ccccc2C#N)C(=O)C=C[C@]2(C)[C@H]3CC[C@]4(C)CCC[C@H]4[C@@H]3CC[C@@H]21. The van der Waals surface area contributed by atoms with Crippen molar-refractivity contribution in [3.63, 3.8) is 0 Å². The number of rotatable bonds is 3. The van der Waals surface area contributed by atoms with Gasteiger partial charge >= 0.3 is 5.91 Å². The van der Waals surface area contributed by atoms with Crippen molar-refractivity contribution >= 4 is 11.6 Å². The van der Waals surface area contributed by atoms with E-state index in [1.54, 1.807) is 0 Å². The zero-order valence-corrected chi connectivity index (χ0v) is 19.0. The summed E-state index contributed by atoms with van der Waals surface area (Å²) in [6.07, 6.45) is 15.0. The molecule has 31 heavy (non-hydrogen) atoms. The molecule has 1 aromatic rings. The second kappa shape index (κ2) is 7.17. The van der Waals surface area contributed by atoms with Gasteiger partial charge in [0.25, 0.3) is 0 Å². The molecule has 1 aromatic carbocycles. The molecular weight excluding hydrogens is 380 g/mol. The molecule has 3 heteroatoms. The predicted octanol–water partition coefficient (Wildman–Crippen LogP) is 6.15. The number of amides is 1. The van der Waals surface area contributed by atoms with Crippen LogP contribution in [0.25, 0.3) is 0 Å². The minimum absolute atomic E-state index is 0.0354. The first-order valence-corrected chi connectivity index (χ1v) is 12.1. The lowest BCUT2D eigenvalue weighted by atomic mass is 9.48. The summed E-state index contributed by atoms with van der Waals surface area (Å²) in [5, 5.41) is 9.88. The number of para-hydroxylation sites is 1. The Hall–Kier alpha value is -2.18. The number of carbonyl (C=O) groups is 1. The van der Waals surface area contributed by atoms with E-state index in [1.807, 2.05) is 36.4 Å². The summed E-state index contributed by atoms with van der Waals surface area (Å²) < 4.78 is 0.228. The summed E-state index contributed by atoms with van der Waals surface area (Å²) in [7, 11) is 0. The Morgan fingerprint density at radius 1 is 1.16 bits per heavy atom. The van der Waals surface area contributed by atoms with Crippen LogP contribution >= 0.6 is 0 Å². The number of quaternary nitrogens is 1. The van der Waals surface area contributed by atoms with Gasteiger partial charge < -0.3 is 0 Å². The van der Waals surface area contributed by atoms with Gasteiger partial charge in [-0.2, -0.15) is 5.26 Å². The second-order valence-electron chi connectivity index (χ2n) is 11.1. The second-order valence-corrected chi connectivity index (χ2v) is 11.1. The number of hydrogen-bond acceptors (Lipinski definition) is 2. The van der Waals surface area contributed by atoms with Crippen molar-refractivity contribution in [1.29, 1.82) is 5.26 Å². The highest BCUT2D eigenvalue weighted by Crippen LogP contribution is 2.65. The summed E-state index contributed by atoms with van der Waals surface area (Å²) in [5.41, 5.74) is 1.96. The van der Waals surface area contributed by atoms with Gasteiger partial charge in [-0.15, -0.1) is 0 Å². The zero-order chi connectivity index (χ0) is 21.9. The van der Waals surface area contributed by atoms with Crippen molar-refractivity contribution in [2.24, 2.45) is 28.6 Å². The van der Waals surface area contributed by atoms with E-state index >= 15 is 0 Å². The molecule has 1 heterocycles. The van der Waals surface area contributed by atoms with Crippen LogP contribution in [-0.4, -0.2) is 18.5 Å². The molecule has 3 saturated carbocycles. The minimum atomic E-state index is -0.0354. The van der Waals surface area contributed by atoms with Crippen molar-refractivity contribution < 1.29 is 4.79 Å². The molecule has 5 rings (SSSR count). The fraction of sp³-hybridized carbons (Fsp3) is 0.571. The summed E-state index contributed by atoms with van der Waals surface area (Å²) in [6, 6.07) is 10.3. The van der Waals surface area contributed by atoms with Crippen molar-refractivity contribution in [3.8, 4) is 6.07 Å². The third kappa shape index (κ3) is 2.70. The minimum Gasteiger partial charge on any atom is -0.226 e. The van der Waals surface area contributed by atoms with Crippen LogP contribution in [0.4, 0.5) is 5.69 Å². The maximum atomic E-state index is 13.7. The van der Waals surface area contributed by atoms with Crippen molar-refractivity contribution in [2.45, 2.75) is 64.8 Å². The third-order valence-electron chi connectivity index (χ3n) is 9.89. The lowest BCUT2D eigenvalue weighted by Crippen LogP contribution is -2.71. The first-order valence-electron chi connectivity index (χ1n) is 12.1. The monoisotopic (exact) mass is 415 g/mol. The van der Waals surface area contributed by atoms with Gasteiger partial charge in [0, 0.05) is 24.0 Å². The summed E-state index contributed by atoms with van der Waals surface area (Å²) in [5.74, 6) is 2.31. The molecular formula is C28H35N2O+. The van der Waals surface area contributed by atoms with Crippen LogP contribution in [0, 0.1) is 39.9 Å². The third-order valence-corrected chi connectivity index (χ3v) is 9.89. The molecule has 1 amide bonds. The molecule has 0 spiro atoms. The molecule has 1 aliphatic heterocycles. The number of benzene rings is 1. The van der Waals surface area contributed by atoms with E-state index in [1.165, 1.54) is 38.5 Å². The topological polar surface area (TPSA) is 40.9 Å². The molecule has 3 fully saturated rings. The Labute approximate surface area is 187 Å². The maximum absolute atomic E-state index is 13.7. The molecule has 0 radical (unpaired) electrons. The van der Waals surface area contributed by atoms with Crippen LogP contribution in [0.5, 0.6) is 0 Å². The van der Waals surface area contributed by atoms with E-state index in [2.05, 4.69) is 32.6 Å². The highest BCUT2D eigenvalue weighted by molar-refractivity contribution is 6.00. The van der Waals surface area contributed by atoms with Crippen LogP contribution in [0.15, 0.2) is 49.1 Å². The largest absolute Gasteiger partial charge is 0.343 e. The molecule has 0 saturated heterocycles. The van der Waals surface area contributed by atoms with Crippen LogP contribution < -0.4 is 4.48 Å².